The summed E-state index contributed by atoms with van der Waals surface area (Å²) in [5, 5.41) is 7.27. The van der Waals surface area contributed by atoms with Gasteiger partial charge in [-0.25, -0.2) is 9.97 Å². The summed E-state index contributed by atoms with van der Waals surface area (Å²) in [6, 6.07) is 61.2. The number of fused-ring (bicyclic) bond motifs is 7. The second kappa shape index (κ2) is 11.3. The number of hydrogen-bond donors (Lipinski definition) is 0. The summed E-state index contributed by atoms with van der Waals surface area (Å²) in [6.07, 6.45) is 0. The summed E-state index contributed by atoms with van der Waals surface area (Å²) in [5.41, 5.74) is 12.9. The van der Waals surface area contributed by atoms with Crippen molar-refractivity contribution in [1.82, 2.24) is 9.97 Å². The van der Waals surface area contributed by atoms with Gasteiger partial charge >= 0.3 is 0 Å². The largest absolute Gasteiger partial charge is 0.228 e. The molecule has 0 spiro atoms. The van der Waals surface area contributed by atoms with E-state index in [0.717, 1.165) is 33.9 Å². The highest BCUT2D eigenvalue weighted by molar-refractivity contribution is 6.19. The predicted molar refractivity (Wildman–Crippen MR) is 214 cm³/mol. The number of nitrogens with zero attached hydrogens (tertiary/aromatic N) is 2. The zero-order valence-corrected chi connectivity index (χ0v) is 28.6. The van der Waals surface area contributed by atoms with Crippen LogP contribution >= 0.6 is 0 Å². The first-order valence-corrected chi connectivity index (χ1v) is 17.7. The molecule has 10 rings (SSSR count). The smallest absolute Gasteiger partial charge is 0.160 e. The minimum Gasteiger partial charge on any atom is -0.228 e. The molecule has 0 atom stereocenters. The molecular weight excluding hydrogens is 617 g/mol. The van der Waals surface area contributed by atoms with Gasteiger partial charge in [0.2, 0.25) is 0 Å². The van der Waals surface area contributed by atoms with Crippen LogP contribution in [0.4, 0.5) is 0 Å². The summed E-state index contributed by atoms with van der Waals surface area (Å²) in [7, 11) is 0. The van der Waals surface area contributed by atoms with Crippen molar-refractivity contribution in [1.29, 1.82) is 0 Å². The average molecular weight is 651 g/mol. The molecule has 1 aromatic heterocycles. The zero-order chi connectivity index (χ0) is 34.1. The summed E-state index contributed by atoms with van der Waals surface area (Å²) < 4.78 is 0. The van der Waals surface area contributed by atoms with Crippen molar-refractivity contribution < 1.29 is 0 Å². The van der Waals surface area contributed by atoms with Crippen LogP contribution in [0, 0.1) is 0 Å². The maximum atomic E-state index is 5.30. The second-order valence-corrected chi connectivity index (χ2v) is 14.2. The molecule has 1 aliphatic rings. The van der Waals surface area contributed by atoms with Crippen LogP contribution in [0.5, 0.6) is 0 Å². The van der Waals surface area contributed by atoms with Gasteiger partial charge in [0, 0.05) is 22.1 Å². The Morgan fingerprint density at radius 2 is 1.02 bits per heavy atom. The van der Waals surface area contributed by atoms with Gasteiger partial charge in [-0.15, -0.1) is 0 Å². The van der Waals surface area contributed by atoms with Gasteiger partial charge in [-0.3, -0.25) is 0 Å². The van der Waals surface area contributed by atoms with Crippen molar-refractivity contribution in [2.75, 3.05) is 0 Å². The number of rotatable bonds is 4. The lowest BCUT2D eigenvalue weighted by molar-refractivity contribution is 0.660. The van der Waals surface area contributed by atoms with Crippen LogP contribution in [-0.2, 0) is 5.41 Å². The van der Waals surface area contributed by atoms with Crippen LogP contribution in [0.2, 0.25) is 0 Å². The van der Waals surface area contributed by atoms with E-state index in [2.05, 4.69) is 178 Å². The van der Waals surface area contributed by atoms with E-state index in [9.17, 15) is 0 Å². The van der Waals surface area contributed by atoms with E-state index in [1.807, 2.05) is 6.07 Å². The normalized spacial score (nSPS) is 13.1. The van der Waals surface area contributed by atoms with Crippen molar-refractivity contribution in [3.63, 3.8) is 0 Å². The molecule has 0 unspecified atom stereocenters. The van der Waals surface area contributed by atoms with Crippen molar-refractivity contribution >= 4 is 32.3 Å². The Morgan fingerprint density at radius 3 is 1.86 bits per heavy atom. The van der Waals surface area contributed by atoms with E-state index < -0.39 is 0 Å². The van der Waals surface area contributed by atoms with Crippen LogP contribution in [0.15, 0.2) is 170 Å². The van der Waals surface area contributed by atoms with E-state index in [4.69, 9.17) is 9.97 Å². The molecule has 51 heavy (non-hydrogen) atoms. The van der Waals surface area contributed by atoms with Crippen molar-refractivity contribution in [2.45, 2.75) is 19.3 Å². The highest BCUT2D eigenvalue weighted by Crippen LogP contribution is 2.49. The van der Waals surface area contributed by atoms with Gasteiger partial charge in [0.25, 0.3) is 0 Å². The number of aromatic nitrogens is 2. The van der Waals surface area contributed by atoms with Crippen molar-refractivity contribution in [3.8, 4) is 56.2 Å². The minimum atomic E-state index is -0.0366. The van der Waals surface area contributed by atoms with Crippen LogP contribution in [0.3, 0.4) is 0 Å². The van der Waals surface area contributed by atoms with E-state index in [1.54, 1.807) is 0 Å². The lowest BCUT2D eigenvalue weighted by Gasteiger charge is -2.22. The summed E-state index contributed by atoms with van der Waals surface area (Å²) in [6.45, 7) is 4.67. The van der Waals surface area contributed by atoms with Gasteiger partial charge in [0.1, 0.15) is 0 Å². The lowest BCUT2D eigenvalue weighted by Crippen LogP contribution is -2.14. The standard InChI is InChI=1S/C49H34N2/c1-49(2)43-19-11-10-18-39(43)40-26-25-35(29-44(40)49)31-20-22-33(23-21-31)45-30-46(51-48(50-45)34-13-4-3-5-14-34)47-38-17-9-7-15-36(38)28-42-37-16-8-6-12-32(37)24-27-41(42)47/h3-30H,1-2H3. The van der Waals surface area contributed by atoms with Crippen molar-refractivity contribution in [2.24, 2.45) is 0 Å². The molecule has 0 radical (unpaired) electrons. The third kappa shape index (κ3) is 4.71. The zero-order valence-electron chi connectivity index (χ0n) is 28.6. The van der Waals surface area contributed by atoms with Crippen LogP contribution in [-0.4, -0.2) is 9.97 Å². The highest BCUT2D eigenvalue weighted by atomic mass is 14.9. The minimum absolute atomic E-state index is 0.0366. The molecule has 9 aromatic rings. The first kappa shape index (κ1) is 29.5. The maximum absolute atomic E-state index is 5.30. The molecule has 0 N–H and O–H groups in total. The van der Waals surface area contributed by atoms with Gasteiger partial charge in [-0.1, -0.05) is 166 Å². The fraction of sp³-hybridized carbons (Fsp3) is 0.0612. The van der Waals surface area contributed by atoms with Gasteiger partial charge in [0.15, 0.2) is 5.82 Å². The molecule has 1 aliphatic carbocycles. The SMILES string of the molecule is CC1(C)c2ccccc2-c2ccc(-c3ccc(-c4cc(-c5c6ccccc6cc6c5ccc5ccccc56)nc(-c5ccccc5)n4)cc3)cc21. The first-order chi connectivity index (χ1) is 25.0. The fourth-order valence-corrected chi connectivity index (χ4v) is 8.25. The van der Waals surface area contributed by atoms with Crippen LogP contribution in [0.25, 0.3) is 88.5 Å². The Labute approximate surface area is 297 Å². The van der Waals surface area contributed by atoms with Gasteiger partial charge in [0.05, 0.1) is 11.4 Å². The topological polar surface area (TPSA) is 25.8 Å². The second-order valence-electron chi connectivity index (χ2n) is 14.2. The molecular formula is C49H34N2. The number of benzene rings is 8. The monoisotopic (exact) mass is 650 g/mol. The Morgan fingerprint density at radius 1 is 0.373 bits per heavy atom. The maximum Gasteiger partial charge on any atom is 0.160 e. The average Bonchev–Trinajstić information content (AvgIpc) is 3.42. The summed E-state index contributed by atoms with van der Waals surface area (Å²) >= 11 is 0. The predicted octanol–water partition coefficient (Wildman–Crippen LogP) is 12.9. The quantitative estimate of drug-likeness (QED) is 0.140. The molecule has 1 heterocycles. The molecule has 0 saturated carbocycles. The Balaban J connectivity index is 1.13. The van der Waals surface area contributed by atoms with E-state index in [-0.39, 0.29) is 5.41 Å². The van der Waals surface area contributed by atoms with Crippen molar-refractivity contribution in [3.05, 3.63) is 181 Å². The van der Waals surface area contributed by atoms with Gasteiger partial charge < -0.3 is 0 Å². The Hall–Kier alpha value is -6.38. The van der Waals surface area contributed by atoms with E-state index >= 15 is 0 Å². The first-order valence-electron chi connectivity index (χ1n) is 17.7. The van der Waals surface area contributed by atoms with E-state index in [0.29, 0.717) is 0 Å². The molecule has 0 amide bonds. The highest BCUT2D eigenvalue weighted by Gasteiger charge is 2.35. The Kier molecular flexibility index (Phi) is 6.56. The lowest BCUT2D eigenvalue weighted by atomic mass is 9.81. The number of hydrogen-bond acceptors (Lipinski definition) is 2. The van der Waals surface area contributed by atoms with E-state index in [1.165, 1.54) is 65.7 Å². The molecule has 2 nitrogen and oxygen atoms in total. The van der Waals surface area contributed by atoms with Gasteiger partial charge in [-0.2, -0.15) is 0 Å². The molecule has 0 fully saturated rings. The summed E-state index contributed by atoms with van der Waals surface area (Å²) in [5.74, 6) is 0.717. The molecule has 0 aliphatic heterocycles. The third-order valence-electron chi connectivity index (χ3n) is 10.9. The fourth-order valence-electron chi connectivity index (χ4n) is 8.25. The van der Waals surface area contributed by atoms with Crippen LogP contribution < -0.4 is 0 Å². The third-order valence-corrected chi connectivity index (χ3v) is 10.9. The molecule has 2 heteroatoms. The molecule has 8 aromatic carbocycles. The summed E-state index contributed by atoms with van der Waals surface area (Å²) in [4.78, 5) is 10.5. The molecule has 0 bridgehead atoms. The Bertz CT molecular complexity index is 2810. The molecule has 0 saturated heterocycles. The van der Waals surface area contributed by atoms with Crippen LogP contribution in [0.1, 0.15) is 25.0 Å². The van der Waals surface area contributed by atoms with Gasteiger partial charge in [-0.05, 0) is 83.9 Å². The molecule has 240 valence electrons.